The number of rotatable bonds is 8. The van der Waals surface area contributed by atoms with E-state index in [2.05, 4.69) is 17.0 Å². The monoisotopic (exact) mass is 241 g/mol. The number of carbonyl (C=O) groups excluding carboxylic acids is 2. The van der Waals surface area contributed by atoms with E-state index in [0.717, 1.165) is 13.0 Å². The maximum absolute atomic E-state index is 11.3. The molecule has 0 unspecified atom stereocenters. The average Bonchev–Trinajstić information content (AvgIpc) is 2.30. The molecule has 0 amide bonds. The number of hydrogen-bond acceptors (Lipinski definition) is 4. The minimum Gasteiger partial charge on any atom is -0.392 e. The highest BCUT2D eigenvalue weighted by Crippen LogP contribution is 2.09. The number of esters is 2. The summed E-state index contributed by atoms with van der Waals surface area (Å²) in [5.74, 6) is -0.806. The van der Waals surface area contributed by atoms with E-state index < -0.39 is 11.9 Å². The molecule has 1 aliphatic rings. The highest BCUT2D eigenvalue weighted by Gasteiger charge is 2.27. The van der Waals surface area contributed by atoms with E-state index in [9.17, 15) is 9.59 Å². The number of carbonyl (C=O) groups is 2. The predicted octanol–water partition coefficient (Wildman–Crippen LogP) is 2.17. The molecule has 1 aliphatic heterocycles. The van der Waals surface area contributed by atoms with E-state index in [1.165, 1.54) is 32.1 Å². The second-order valence-electron chi connectivity index (χ2n) is 4.61. The fourth-order valence-electron chi connectivity index (χ4n) is 1.98. The third-order valence-corrected chi connectivity index (χ3v) is 3.06. The molecule has 98 valence electrons. The summed E-state index contributed by atoms with van der Waals surface area (Å²) < 4.78 is 4.57. The topological polar surface area (TPSA) is 55.4 Å². The van der Waals surface area contributed by atoms with Crippen LogP contribution in [-0.2, 0) is 14.3 Å². The maximum atomic E-state index is 11.3. The van der Waals surface area contributed by atoms with Crippen molar-refractivity contribution in [2.24, 2.45) is 0 Å². The van der Waals surface area contributed by atoms with E-state index in [-0.39, 0.29) is 6.04 Å². The van der Waals surface area contributed by atoms with Crippen molar-refractivity contribution in [2.75, 3.05) is 6.54 Å². The second-order valence-corrected chi connectivity index (χ2v) is 4.61. The Labute approximate surface area is 103 Å². The van der Waals surface area contributed by atoms with Crippen LogP contribution in [0.15, 0.2) is 0 Å². The molecule has 1 atom stereocenters. The van der Waals surface area contributed by atoms with Gasteiger partial charge in [-0.3, -0.25) is 4.79 Å². The Bertz CT molecular complexity index is 253. The van der Waals surface area contributed by atoms with Gasteiger partial charge in [0.1, 0.15) is 6.04 Å². The summed E-state index contributed by atoms with van der Waals surface area (Å²) >= 11 is 0. The standard InChI is InChI=1S/C13H23NO3/c1-2-3-4-5-6-7-10-14-11-8-9-12(15)17-13(11)16/h11,14H,2-10H2,1H3/t11-/m0/s1. The fourth-order valence-corrected chi connectivity index (χ4v) is 1.98. The lowest BCUT2D eigenvalue weighted by molar-refractivity contribution is -0.165. The molecule has 0 radical (unpaired) electrons. The number of ether oxygens (including phenoxy) is 1. The molecular weight excluding hydrogens is 218 g/mol. The lowest BCUT2D eigenvalue weighted by Crippen LogP contribution is -2.43. The zero-order valence-electron chi connectivity index (χ0n) is 10.7. The van der Waals surface area contributed by atoms with E-state index in [0.29, 0.717) is 12.8 Å². The summed E-state index contributed by atoms with van der Waals surface area (Å²) in [6, 6.07) is -0.275. The quantitative estimate of drug-likeness (QED) is 0.402. The summed E-state index contributed by atoms with van der Waals surface area (Å²) in [6.07, 6.45) is 8.35. The first-order valence-corrected chi connectivity index (χ1v) is 6.72. The molecule has 1 fully saturated rings. The van der Waals surface area contributed by atoms with E-state index in [1.807, 2.05) is 0 Å². The van der Waals surface area contributed by atoms with Gasteiger partial charge in [-0.2, -0.15) is 0 Å². The lowest BCUT2D eigenvalue weighted by atomic mass is 10.1. The largest absolute Gasteiger partial charge is 0.392 e. The van der Waals surface area contributed by atoms with Crippen molar-refractivity contribution < 1.29 is 14.3 Å². The van der Waals surface area contributed by atoms with Crippen LogP contribution in [0.1, 0.15) is 58.3 Å². The van der Waals surface area contributed by atoms with Crippen molar-refractivity contribution in [3.8, 4) is 0 Å². The van der Waals surface area contributed by atoms with Crippen LogP contribution in [0.4, 0.5) is 0 Å². The molecular formula is C13H23NO3. The van der Waals surface area contributed by atoms with Gasteiger partial charge in [-0.1, -0.05) is 39.0 Å². The maximum Gasteiger partial charge on any atom is 0.330 e. The van der Waals surface area contributed by atoms with Crippen LogP contribution < -0.4 is 5.32 Å². The van der Waals surface area contributed by atoms with Gasteiger partial charge in [0.15, 0.2) is 0 Å². The first kappa shape index (κ1) is 14.2. The molecule has 0 aromatic carbocycles. The SMILES string of the molecule is CCCCCCCCN[C@H]1CCC(=O)OC1=O. The van der Waals surface area contributed by atoms with Crippen molar-refractivity contribution in [1.82, 2.24) is 5.32 Å². The number of nitrogens with one attached hydrogen (secondary N) is 1. The molecule has 1 rings (SSSR count). The van der Waals surface area contributed by atoms with Crippen LogP contribution in [0.25, 0.3) is 0 Å². The summed E-state index contributed by atoms with van der Waals surface area (Å²) in [5, 5.41) is 3.16. The third-order valence-electron chi connectivity index (χ3n) is 3.06. The van der Waals surface area contributed by atoms with Crippen LogP contribution in [0, 0.1) is 0 Å². The van der Waals surface area contributed by atoms with Gasteiger partial charge in [-0.05, 0) is 19.4 Å². The Kier molecular flexibility index (Phi) is 6.86. The molecule has 1 N–H and O–H groups in total. The summed E-state index contributed by atoms with van der Waals surface area (Å²) in [4.78, 5) is 22.1. The molecule has 4 heteroatoms. The van der Waals surface area contributed by atoms with Crippen molar-refractivity contribution in [2.45, 2.75) is 64.3 Å². The van der Waals surface area contributed by atoms with E-state index in [1.54, 1.807) is 0 Å². The molecule has 0 aromatic rings. The van der Waals surface area contributed by atoms with Crippen molar-refractivity contribution in [3.63, 3.8) is 0 Å². The molecule has 0 spiro atoms. The zero-order valence-corrected chi connectivity index (χ0v) is 10.7. The fraction of sp³-hybridized carbons (Fsp3) is 0.846. The summed E-state index contributed by atoms with van der Waals surface area (Å²) in [7, 11) is 0. The van der Waals surface area contributed by atoms with Crippen LogP contribution in [-0.4, -0.2) is 24.5 Å². The van der Waals surface area contributed by atoms with Crippen LogP contribution in [0.2, 0.25) is 0 Å². The average molecular weight is 241 g/mol. The molecule has 4 nitrogen and oxygen atoms in total. The summed E-state index contributed by atoms with van der Waals surface area (Å²) in [6.45, 7) is 3.04. The third kappa shape index (κ3) is 5.82. The minimum atomic E-state index is -0.410. The highest BCUT2D eigenvalue weighted by molar-refractivity contribution is 5.91. The predicted molar refractivity (Wildman–Crippen MR) is 65.5 cm³/mol. The van der Waals surface area contributed by atoms with Gasteiger partial charge in [0, 0.05) is 6.42 Å². The molecule has 1 heterocycles. The van der Waals surface area contributed by atoms with Crippen LogP contribution in [0.3, 0.4) is 0 Å². The molecule has 0 saturated carbocycles. The molecule has 0 aromatic heterocycles. The molecule has 17 heavy (non-hydrogen) atoms. The van der Waals surface area contributed by atoms with Gasteiger partial charge in [-0.15, -0.1) is 0 Å². The Morgan fingerprint density at radius 2 is 1.88 bits per heavy atom. The first-order chi connectivity index (χ1) is 8.24. The smallest absolute Gasteiger partial charge is 0.330 e. The van der Waals surface area contributed by atoms with Gasteiger partial charge >= 0.3 is 11.9 Å². The van der Waals surface area contributed by atoms with E-state index in [4.69, 9.17) is 0 Å². The van der Waals surface area contributed by atoms with Gasteiger partial charge < -0.3 is 10.1 Å². The Balaban J connectivity index is 1.99. The molecule has 0 bridgehead atoms. The number of hydrogen-bond donors (Lipinski definition) is 1. The molecule has 1 saturated heterocycles. The van der Waals surface area contributed by atoms with Crippen LogP contribution >= 0.6 is 0 Å². The number of cyclic esters (lactones) is 2. The Morgan fingerprint density at radius 1 is 1.18 bits per heavy atom. The highest BCUT2D eigenvalue weighted by atomic mass is 16.6. The Morgan fingerprint density at radius 3 is 2.59 bits per heavy atom. The lowest BCUT2D eigenvalue weighted by Gasteiger charge is -2.20. The van der Waals surface area contributed by atoms with Gasteiger partial charge in [0.2, 0.25) is 0 Å². The Hall–Kier alpha value is -0.900. The number of unbranched alkanes of at least 4 members (excludes halogenated alkanes) is 5. The summed E-state index contributed by atoms with van der Waals surface area (Å²) in [5.41, 5.74) is 0. The second kappa shape index (κ2) is 8.23. The zero-order chi connectivity index (χ0) is 12.5. The van der Waals surface area contributed by atoms with E-state index >= 15 is 0 Å². The van der Waals surface area contributed by atoms with Crippen molar-refractivity contribution in [1.29, 1.82) is 0 Å². The first-order valence-electron chi connectivity index (χ1n) is 6.72. The minimum absolute atomic E-state index is 0.275. The van der Waals surface area contributed by atoms with Gasteiger partial charge in [0.25, 0.3) is 0 Å². The normalized spacial score (nSPS) is 20.4. The van der Waals surface area contributed by atoms with Crippen molar-refractivity contribution >= 4 is 11.9 Å². The molecule has 0 aliphatic carbocycles. The van der Waals surface area contributed by atoms with Crippen molar-refractivity contribution in [3.05, 3.63) is 0 Å². The van der Waals surface area contributed by atoms with Crippen LogP contribution in [0.5, 0.6) is 0 Å². The van der Waals surface area contributed by atoms with Gasteiger partial charge in [0.05, 0.1) is 0 Å². The van der Waals surface area contributed by atoms with Gasteiger partial charge in [-0.25, -0.2) is 4.79 Å².